The van der Waals surface area contributed by atoms with Gasteiger partial charge in [0.2, 0.25) is 0 Å². The van der Waals surface area contributed by atoms with Gasteiger partial charge in [0.15, 0.2) is 0 Å². The first-order chi connectivity index (χ1) is 8.18. The molecule has 1 saturated carbocycles. The quantitative estimate of drug-likeness (QED) is 0.810. The van der Waals surface area contributed by atoms with Gasteiger partial charge in [0.1, 0.15) is 0 Å². The fraction of sp³-hybridized carbons (Fsp3) is 1.00. The summed E-state index contributed by atoms with van der Waals surface area (Å²) in [4.78, 5) is 2.64. The highest BCUT2D eigenvalue weighted by Crippen LogP contribution is 2.28. The summed E-state index contributed by atoms with van der Waals surface area (Å²) in [6.07, 6.45) is 7.07. The first-order valence-electron chi connectivity index (χ1n) is 7.66. The number of hydrogen-bond acceptors (Lipinski definition) is 2. The predicted molar refractivity (Wildman–Crippen MR) is 74.2 cm³/mol. The summed E-state index contributed by atoms with van der Waals surface area (Å²) in [5, 5.41) is 3.86. The number of nitrogens with one attached hydrogen (secondary N) is 1. The highest BCUT2D eigenvalue weighted by molar-refractivity contribution is 4.85. The van der Waals surface area contributed by atoms with E-state index < -0.39 is 0 Å². The van der Waals surface area contributed by atoms with Gasteiger partial charge in [-0.2, -0.15) is 0 Å². The van der Waals surface area contributed by atoms with E-state index in [0.717, 1.165) is 23.9 Å². The topological polar surface area (TPSA) is 15.3 Å². The molecule has 100 valence electrons. The Bertz CT molecular complexity index is 213. The fourth-order valence-corrected chi connectivity index (χ4v) is 3.70. The van der Waals surface area contributed by atoms with E-state index in [-0.39, 0.29) is 0 Å². The molecule has 1 aliphatic carbocycles. The number of rotatable bonds is 4. The van der Waals surface area contributed by atoms with Crippen molar-refractivity contribution in [2.24, 2.45) is 11.8 Å². The molecule has 0 aromatic heterocycles. The smallest absolute Gasteiger partial charge is 0.0192 e. The van der Waals surface area contributed by atoms with E-state index in [0.29, 0.717) is 0 Å². The summed E-state index contributed by atoms with van der Waals surface area (Å²) < 4.78 is 0. The van der Waals surface area contributed by atoms with Gasteiger partial charge in [0.05, 0.1) is 0 Å². The van der Waals surface area contributed by atoms with Gasteiger partial charge in [-0.1, -0.05) is 20.3 Å². The summed E-state index contributed by atoms with van der Waals surface area (Å²) in [6, 6.07) is 1.48. The SMILES string of the molecule is CC1CCCC(C)C1NCC(C)N1CCCC1. The molecule has 17 heavy (non-hydrogen) atoms. The van der Waals surface area contributed by atoms with Crippen LogP contribution < -0.4 is 5.32 Å². The lowest BCUT2D eigenvalue weighted by Crippen LogP contribution is -2.48. The normalized spacial score (nSPS) is 37.2. The number of nitrogens with zero attached hydrogens (tertiary/aromatic N) is 1. The van der Waals surface area contributed by atoms with Crippen molar-refractivity contribution in [3.8, 4) is 0 Å². The Morgan fingerprint density at radius 1 is 1.06 bits per heavy atom. The molecule has 2 rings (SSSR count). The predicted octanol–water partition coefficient (Wildman–Crippen LogP) is 2.89. The molecular formula is C15H30N2. The second kappa shape index (κ2) is 6.19. The van der Waals surface area contributed by atoms with Gasteiger partial charge in [-0.15, -0.1) is 0 Å². The molecule has 0 amide bonds. The van der Waals surface area contributed by atoms with Gasteiger partial charge >= 0.3 is 0 Å². The van der Waals surface area contributed by atoms with Gasteiger partial charge < -0.3 is 5.32 Å². The molecule has 0 radical (unpaired) electrons. The maximum Gasteiger partial charge on any atom is 0.0192 e. The van der Waals surface area contributed by atoms with Crippen LogP contribution in [0.3, 0.4) is 0 Å². The van der Waals surface area contributed by atoms with Crippen molar-refractivity contribution in [2.45, 2.75) is 65.0 Å². The van der Waals surface area contributed by atoms with E-state index in [1.165, 1.54) is 51.7 Å². The van der Waals surface area contributed by atoms with Gasteiger partial charge in [0, 0.05) is 18.6 Å². The van der Waals surface area contributed by atoms with Crippen molar-refractivity contribution >= 4 is 0 Å². The van der Waals surface area contributed by atoms with E-state index in [2.05, 4.69) is 31.0 Å². The summed E-state index contributed by atoms with van der Waals surface area (Å²) in [5.41, 5.74) is 0. The molecule has 1 saturated heterocycles. The summed E-state index contributed by atoms with van der Waals surface area (Å²) in [5.74, 6) is 1.73. The van der Waals surface area contributed by atoms with Crippen LogP contribution in [0.2, 0.25) is 0 Å². The van der Waals surface area contributed by atoms with E-state index >= 15 is 0 Å². The van der Waals surface area contributed by atoms with Crippen LogP contribution in [0.1, 0.15) is 52.9 Å². The lowest BCUT2D eigenvalue weighted by Gasteiger charge is -2.37. The lowest BCUT2D eigenvalue weighted by molar-refractivity contribution is 0.182. The highest BCUT2D eigenvalue weighted by Gasteiger charge is 2.28. The van der Waals surface area contributed by atoms with Crippen molar-refractivity contribution in [2.75, 3.05) is 19.6 Å². The minimum absolute atomic E-state index is 0.721. The average Bonchev–Trinajstić information content (AvgIpc) is 2.81. The second-order valence-corrected chi connectivity index (χ2v) is 6.41. The number of likely N-dealkylation sites (tertiary alicyclic amines) is 1. The second-order valence-electron chi connectivity index (χ2n) is 6.41. The molecule has 2 fully saturated rings. The molecule has 2 nitrogen and oxygen atoms in total. The summed E-state index contributed by atoms with van der Waals surface area (Å²) in [7, 11) is 0. The van der Waals surface area contributed by atoms with Gasteiger partial charge in [-0.05, 0) is 57.5 Å². The van der Waals surface area contributed by atoms with E-state index in [1.54, 1.807) is 0 Å². The molecule has 3 atom stereocenters. The minimum Gasteiger partial charge on any atom is -0.312 e. The lowest BCUT2D eigenvalue weighted by atomic mass is 9.78. The summed E-state index contributed by atoms with van der Waals surface area (Å²) in [6.45, 7) is 11.1. The van der Waals surface area contributed by atoms with Crippen LogP contribution in [0, 0.1) is 11.8 Å². The zero-order chi connectivity index (χ0) is 12.3. The third-order valence-corrected chi connectivity index (χ3v) is 4.96. The largest absolute Gasteiger partial charge is 0.312 e. The van der Waals surface area contributed by atoms with Crippen molar-refractivity contribution in [3.63, 3.8) is 0 Å². The zero-order valence-corrected chi connectivity index (χ0v) is 11.9. The van der Waals surface area contributed by atoms with Crippen molar-refractivity contribution < 1.29 is 0 Å². The fourth-order valence-electron chi connectivity index (χ4n) is 3.70. The first kappa shape index (κ1) is 13.4. The molecule has 0 aromatic carbocycles. The monoisotopic (exact) mass is 238 g/mol. The minimum atomic E-state index is 0.721. The Hall–Kier alpha value is -0.0800. The molecule has 3 unspecified atom stereocenters. The molecule has 2 aliphatic rings. The van der Waals surface area contributed by atoms with E-state index in [4.69, 9.17) is 0 Å². The van der Waals surface area contributed by atoms with Gasteiger partial charge in [-0.25, -0.2) is 0 Å². The third-order valence-electron chi connectivity index (χ3n) is 4.96. The number of hydrogen-bond donors (Lipinski definition) is 1. The molecular weight excluding hydrogens is 208 g/mol. The Labute approximate surface area is 107 Å². The van der Waals surface area contributed by atoms with Gasteiger partial charge in [-0.3, -0.25) is 4.90 Å². The van der Waals surface area contributed by atoms with Crippen LogP contribution in [0.4, 0.5) is 0 Å². The van der Waals surface area contributed by atoms with Crippen molar-refractivity contribution in [1.82, 2.24) is 10.2 Å². The van der Waals surface area contributed by atoms with Crippen molar-refractivity contribution in [1.29, 1.82) is 0 Å². The zero-order valence-electron chi connectivity index (χ0n) is 11.9. The highest BCUT2D eigenvalue weighted by atomic mass is 15.2. The van der Waals surface area contributed by atoms with Crippen LogP contribution >= 0.6 is 0 Å². The van der Waals surface area contributed by atoms with Crippen molar-refractivity contribution in [3.05, 3.63) is 0 Å². The molecule has 0 spiro atoms. The first-order valence-corrected chi connectivity index (χ1v) is 7.66. The maximum absolute atomic E-state index is 3.86. The Balaban J connectivity index is 1.75. The van der Waals surface area contributed by atoms with Crippen LogP contribution in [0.5, 0.6) is 0 Å². The Kier molecular flexibility index (Phi) is 4.87. The molecule has 1 N–H and O–H groups in total. The Morgan fingerprint density at radius 2 is 1.65 bits per heavy atom. The van der Waals surface area contributed by atoms with Gasteiger partial charge in [0.25, 0.3) is 0 Å². The average molecular weight is 238 g/mol. The molecule has 1 heterocycles. The van der Waals surface area contributed by atoms with E-state index in [9.17, 15) is 0 Å². The van der Waals surface area contributed by atoms with Crippen LogP contribution in [0.15, 0.2) is 0 Å². The van der Waals surface area contributed by atoms with Crippen LogP contribution in [-0.4, -0.2) is 36.6 Å². The maximum atomic E-state index is 3.86. The standard InChI is InChI=1S/C15H30N2/c1-12-7-6-8-13(2)15(12)16-11-14(3)17-9-4-5-10-17/h12-16H,4-11H2,1-3H3. The molecule has 1 aliphatic heterocycles. The molecule has 2 heteroatoms. The summed E-state index contributed by atoms with van der Waals surface area (Å²) >= 11 is 0. The molecule has 0 bridgehead atoms. The third kappa shape index (κ3) is 3.45. The molecule has 0 aromatic rings. The Morgan fingerprint density at radius 3 is 2.24 bits per heavy atom. The van der Waals surface area contributed by atoms with E-state index in [1.807, 2.05) is 0 Å². The van der Waals surface area contributed by atoms with Crippen LogP contribution in [0.25, 0.3) is 0 Å². The van der Waals surface area contributed by atoms with Crippen LogP contribution in [-0.2, 0) is 0 Å².